The molecule has 120 valence electrons. The first kappa shape index (κ1) is 19.4. The maximum atomic E-state index is 10.6. The summed E-state index contributed by atoms with van der Waals surface area (Å²) in [6.45, 7) is 4.25. The second-order valence-electron chi connectivity index (χ2n) is 5.58. The number of hydrogen-bond donors (Lipinski definition) is 0. The van der Waals surface area contributed by atoms with Gasteiger partial charge in [-0.05, 0) is 19.3 Å². The van der Waals surface area contributed by atoms with Crippen molar-refractivity contribution < 1.29 is 14.3 Å². The van der Waals surface area contributed by atoms with Crippen LogP contribution in [0.3, 0.4) is 0 Å². The van der Waals surface area contributed by atoms with Crippen LogP contribution in [-0.2, 0) is 14.3 Å². The highest BCUT2D eigenvalue weighted by Crippen LogP contribution is 2.13. The summed E-state index contributed by atoms with van der Waals surface area (Å²) < 4.78 is 10.3. The molecule has 1 unspecified atom stereocenters. The molecule has 3 nitrogen and oxygen atoms in total. The summed E-state index contributed by atoms with van der Waals surface area (Å²) in [7, 11) is 1.82. The zero-order valence-corrected chi connectivity index (χ0v) is 13.8. The van der Waals surface area contributed by atoms with Crippen molar-refractivity contribution in [2.45, 2.75) is 90.6 Å². The van der Waals surface area contributed by atoms with Gasteiger partial charge in [0.25, 0.3) is 0 Å². The summed E-state index contributed by atoms with van der Waals surface area (Å²) in [4.78, 5) is 10.6. The molecular weight excluding hydrogens is 252 g/mol. The number of methoxy groups -OCH3 is 1. The molecule has 0 aliphatic carbocycles. The highest BCUT2D eigenvalue weighted by atomic mass is 16.5. The van der Waals surface area contributed by atoms with Crippen LogP contribution in [0.1, 0.15) is 84.5 Å². The van der Waals surface area contributed by atoms with Crippen molar-refractivity contribution >= 4 is 5.97 Å². The average Bonchev–Trinajstić information content (AvgIpc) is 2.44. The van der Waals surface area contributed by atoms with E-state index in [1.165, 1.54) is 64.7 Å². The van der Waals surface area contributed by atoms with E-state index in [1.807, 2.05) is 7.11 Å². The van der Waals surface area contributed by atoms with Gasteiger partial charge in [0.05, 0.1) is 12.7 Å². The third-order valence-corrected chi connectivity index (χ3v) is 3.76. The minimum absolute atomic E-state index is 0.163. The Bertz CT molecular complexity index is 212. The van der Waals surface area contributed by atoms with Crippen LogP contribution in [0.25, 0.3) is 0 Å². The number of unbranched alkanes of at least 4 members (excludes halogenated alkanes) is 8. The number of rotatable bonds is 14. The molecule has 0 aromatic heterocycles. The van der Waals surface area contributed by atoms with Gasteiger partial charge in [-0.3, -0.25) is 4.79 Å². The predicted molar refractivity (Wildman–Crippen MR) is 83.9 cm³/mol. The molecule has 3 heteroatoms. The standard InChI is InChI=1S/C17H34O3/c1-4-17(19-3)14-12-10-8-6-5-7-9-11-13-15-20-16(2)18/h17H,4-15H2,1-3H3. The molecule has 0 aliphatic rings. The molecule has 0 rings (SSSR count). The van der Waals surface area contributed by atoms with Gasteiger partial charge in [-0.2, -0.15) is 0 Å². The largest absolute Gasteiger partial charge is 0.466 e. The van der Waals surface area contributed by atoms with E-state index >= 15 is 0 Å². The van der Waals surface area contributed by atoms with Crippen LogP contribution in [0.15, 0.2) is 0 Å². The normalized spacial score (nSPS) is 12.3. The van der Waals surface area contributed by atoms with Crippen molar-refractivity contribution in [1.82, 2.24) is 0 Å². The minimum atomic E-state index is -0.163. The third kappa shape index (κ3) is 13.9. The van der Waals surface area contributed by atoms with E-state index in [2.05, 4.69) is 6.92 Å². The number of esters is 1. The fourth-order valence-corrected chi connectivity index (χ4v) is 2.42. The monoisotopic (exact) mass is 286 g/mol. The van der Waals surface area contributed by atoms with E-state index in [0.29, 0.717) is 12.7 Å². The summed E-state index contributed by atoms with van der Waals surface area (Å²) in [6.07, 6.45) is 14.3. The van der Waals surface area contributed by atoms with Gasteiger partial charge in [0.1, 0.15) is 0 Å². The molecule has 0 spiro atoms. The van der Waals surface area contributed by atoms with Crippen LogP contribution in [0.5, 0.6) is 0 Å². The lowest BCUT2D eigenvalue weighted by Gasteiger charge is -2.12. The van der Waals surface area contributed by atoms with Gasteiger partial charge in [0, 0.05) is 14.0 Å². The van der Waals surface area contributed by atoms with E-state index < -0.39 is 0 Å². The van der Waals surface area contributed by atoms with Crippen LogP contribution < -0.4 is 0 Å². The molecule has 20 heavy (non-hydrogen) atoms. The highest BCUT2D eigenvalue weighted by molar-refractivity contribution is 5.65. The Balaban J connectivity index is 3.08. The molecule has 0 radical (unpaired) electrons. The van der Waals surface area contributed by atoms with Gasteiger partial charge in [-0.15, -0.1) is 0 Å². The van der Waals surface area contributed by atoms with Gasteiger partial charge >= 0.3 is 5.97 Å². The zero-order valence-electron chi connectivity index (χ0n) is 13.8. The maximum absolute atomic E-state index is 10.6. The molecule has 0 fully saturated rings. The highest BCUT2D eigenvalue weighted by Gasteiger charge is 2.02. The number of carbonyl (C=O) groups is 1. The van der Waals surface area contributed by atoms with E-state index in [1.54, 1.807) is 0 Å². The fraction of sp³-hybridized carbons (Fsp3) is 0.941. The molecule has 0 saturated carbocycles. The van der Waals surface area contributed by atoms with Gasteiger partial charge in [-0.25, -0.2) is 0 Å². The Morgan fingerprint density at radius 1 is 0.900 bits per heavy atom. The Morgan fingerprint density at radius 3 is 1.85 bits per heavy atom. The lowest BCUT2D eigenvalue weighted by atomic mass is 10.0. The van der Waals surface area contributed by atoms with Gasteiger partial charge < -0.3 is 9.47 Å². The van der Waals surface area contributed by atoms with Crippen molar-refractivity contribution in [1.29, 1.82) is 0 Å². The summed E-state index contributed by atoms with van der Waals surface area (Å²) in [5.74, 6) is -0.163. The molecule has 0 aromatic carbocycles. The van der Waals surface area contributed by atoms with E-state index in [0.717, 1.165) is 12.8 Å². The van der Waals surface area contributed by atoms with E-state index in [-0.39, 0.29) is 5.97 Å². The smallest absolute Gasteiger partial charge is 0.302 e. The van der Waals surface area contributed by atoms with Crippen molar-refractivity contribution in [2.24, 2.45) is 0 Å². The Hall–Kier alpha value is -0.570. The summed E-state index contributed by atoms with van der Waals surface area (Å²) >= 11 is 0. The van der Waals surface area contributed by atoms with Crippen LogP contribution >= 0.6 is 0 Å². The SMILES string of the molecule is CCC(CCCCCCCCCCCOC(C)=O)OC. The third-order valence-electron chi connectivity index (χ3n) is 3.76. The first-order valence-corrected chi connectivity index (χ1v) is 8.36. The molecule has 0 amide bonds. The molecule has 0 saturated heterocycles. The molecule has 0 heterocycles. The fourth-order valence-electron chi connectivity index (χ4n) is 2.42. The second kappa shape index (κ2) is 14.8. The van der Waals surface area contributed by atoms with Crippen molar-refractivity contribution in [2.75, 3.05) is 13.7 Å². The van der Waals surface area contributed by atoms with Crippen LogP contribution in [-0.4, -0.2) is 25.8 Å². The minimum Gasteiger partial charge on any atom is -0.466 e. The lowest BCUT2D eigenvalue weighted by Crippen LogP contribution is -2.08. The summed E-state index contributed by atoms with van der Waals surface area (Å²) in [6, 6.07) is 0. The lowest BCUT2D eigenvalue weighted by molar-refractivity contribution is -0.141. The Kier molecular flexibility index (Phi) is 14.4. The Morgan fingerprint density at radius 2 is 1.40 bits per heavy atom. The number of hydrogen-bond acceptors (Lipinski definition) is 3. The Labute approximate surface area is 125 Å². The summed E-state index contributed by atoms with van der Waals surface area (Å²) in [5.41, 5.74) is 0. The van der Waals surface area contributed by atoms with Crippen molar-refractivity contribution in [3.63, 3.8) is 0 Å². The van der Waals surface area contributed by atoms with Gasteiger partial charge in [0.15, 0.2) is 0 Å². The quantitative estimate of drug-likeness (QED) is 0.337. The molecule has 0 bridgehead atoms. The molecule has 0 aromatic rings. The number of carbonyl (C=O) groups excluding carboxylic acids is 1. The van der Waals surface area contributed by atoms with Gasteiger partial charge in [0.2, 0.25) is 0 Å². The van der Waals surface area contributed by atoms with Crippen molar-refractivity contribution in [3.05, 3.63) is 0 Å². The zero-order chi connectivity index (χ0) is 15.1. The summed E-state index contributed by atoms with van der Waals surface area (Å²) in [5, 5.41) is 0. The predicted octanol–water partition coefficient (Wildman–Crippen LogP) is 4.88. The van der Waals surface area contributed by atoms with Crippen molar-refractivity contribution in [3.8, 4) is 0 Å². The molecule has 0 N–H and O–H groups in total. The van der Waals surface area contributed by atoms with Crippen LogP contribution in [0.4, 0.5) is 0 Å². The maximum Gasteiger partial charge on any atom is 0.302 e. The first-order chi connectivity index (χ1) is 9.70. The van der Waals surface area contributed by atoms with Crippen LogP contribution in [0, 0.1) is 0 Å². The topological polar surface area (TPSA) is 35.5 Å². The first-order valence-electron chi connectivity index (χ1n) is 8.36. The molecule has 0 aliphatic heterocycles. The van der Waals surface area contributed by atoms with Gasteiger partial charge in [-0.1, -0.05) is 58.3 Å². The average molecular weight is 286 g/mol. The van der Waals surface area contributed by atoms with E-state index in [4.69, 9.17) is 9.47 Å². The van der Waals surface area contributed by atoms with Crippen LogP contribution in [0.2, 0.25) is 0 Å². The second-order valence-corrected chi connectivity index (χ2v) is 5.58. The molecular formula is C17H34O3. The van der Waals surface area contributed by atoms with E-state index in [9.17, 15) is 4.79 Å². The molecule has 1 atom stereocenters. The number of ether oxygens (including phenoxy) is 2.